The number of nitrogens with one attached hydrogen (secondary N) is 1. The number of ether oxygens (including phenoxy) is 1. The van der Waals surface area contributed by atoms with Gasteiger partial charge in [0, 0.05) is 29.2 Å². The molecule has 21 heavy (non-hydrogen) atoms. The molecular weight excluding hydrogens is 268 g/mol. The minimum absolute atomic E-state index is 0.0223. The predicted molar refractivity (Wildman–Crippen MR) is 76.6 cm³/mol. The van der Waals surface area contributed by atoms with Crippen LogP contribution in [0.1, 0.15) is 22.8 Å². The third-order valence-corrected chi connectivity index (χ3v) is 4.01. The van der Waals surface area contributed by atoms with E-state index in [1.807, 2.05) is 18.2 Å². The van der Waals surface area contributed by atoms with Crippen molar-refractivity contribution in [3.05, 3.63) is 47.3 Å². The molecule has 1 aromatic heterocycles. The lowest BCUT2D eigenvalue weighted by molar-refractivity contribution is -0.115. The van der Waals surface area contributed by atoms with Crippen LogP contribution in [0.5, 0.6) is 0 Å². The van der Waals surface area contributed by atoms with Crippen molar-refractivity contribution in [1.29, 1.82) is 0 Å². The molecule has 2 aromatic rings. The van der Waals surface area contributed by atoms with Crippen LogP contribution in [0.3, 0.4) is 0 Å². The van der Waals surface area contributed by atoms with E-state index < -0.39 is 6.10 Å². The molecule has 0 saturated carbocycles. The number of anilines is 1. The summed E-state index contributed by atoms with van der Waals surface area (Å²) in [5.41, 5.74) is 5.61. The first-order valence-electron chi connectivity index (χ1n) is 6.88. The van der Waals surface area contributed by atoms with E-state index in [9.17, 15) is 9.90 Å². The van der Waals surface area contributed by atoms with Crippen LogP contribution in [0.2, 0.25) is 0 Å². The van der Waals surface area contributed by atoms with Gasteiger partial charge in [0.15, 0.2) is 0 Å². The molecule has 0 aliphatic carbocycles. The van der Waals surface area contributed by atoms with Crippen molar-refractivity contribution >= 4 is 11.6 Å². The fraction of sp³-hybridized carbons (Fsp3) is 0.250. The fourth-order valence-electron chi connectivity index (χ4n) is 2.96. The molecule has 1 amide bonds. The first-order chi connectivity index (χ1) is 10.2. The molecule has 1 atom stereocenters. The summed E-state index contributed by atoms with van der Waals surface area (Å²) in [7, 11) is 0. The van der Waals surface area contributed by atoms with Crippen LogP contribution in [0.4, 0.5) is 5.69 Å². The molecule has 3 heterocycles. The van der Waals surface area contributed by atoms with Crippen LogP contribution < -0.4 is 5.32 Å². The molecular formula is C16H14N2O3. The van der Waals surface area contributed by atoms with Gasteiger partial charge < -0.3 is 15.2 Å². The van der Waals surface area contributed by atoms with Gasteiger partial charge in [-0.3, -0.25) is 9.78 Å². The van der Waals surface area contributed by atoms with Gasteiger partial charge >= 0.3 is 0 Å². The average Bonchev–Trinajstić information content (AvgIpc) is 2.86. The summed E-state index contributed by atoms with van der Waals surface area (Å²) in [4.78, 5) is 15.7. The number of rotatable bonds is 1. The van der Waals surface area contributed by atoms with Gasteiger partial charge in [-0.2, -0.15) is 0 Å². The molecule has 0 spiro atoms. The standard InChI is InChI=1S/C16H14N2O3/c19-15-8-21-7-13-11(5-17-6-12(13)15)9-1-2-14-10(3-9)4-16(20)18-14/h1-3,5-6,15,19H,4,7-8H2,(H,18,20). The number of aliphatic hydroxyl groups is 1. The number of nitrogens with zero attached hydrogens (tertiary/aromatic N) is 1. The predicted octanol–water partition coefficient (Wildman–Crippen LogP) is 1.81. The summed E-state index contributed by atoms with van der Waals surface area (Å²) < 4.78 is 5.44. The Morgan fingerprint density at radius 3 is 3.14 bits per heavy atom. The molecule has 0 radical (unpaired) electrons. The molecule has 1 aromatic carbocycles. The molecule has 2 aliphatic rings. The van der Waals surface area contributed by atoms with Crippen LogP contribution >= 0.6 is 0 Å². The number of benzene rings is 1. The highest BCUT2D eigenvalue weighted by atomic mass is 16.5. The zero-order valence-electron chi connectivity index (χ0n) is 11.3. The molecule has 2 aliphatic heterocycles. The van der Waals surface area contributed by atoms with Crippen LogP contribution in [0.25, 0.3) is 11.1 Å². The van der Waals surface area contributed by atoms with E-state index in [4.69, 9.17) is 4.74 Å². The summed E-state index contributed by atoms with van der Waals surface area (Å²) in [6.45, 7) is 0.777. The van der Waals surface area contributed by atoms with Gasteiger partial charge in [0.2, 0.25) is 5.91 Å². The van der Waals surface area contributed by atoms with E-state index in [2.05, 4.69) is 10.3 Å². The second-order valence-corrected chi connectivity index (χ2v) is 5.38. The van der Waals surface area contributed by atoms with Crippen molar-refractivity contribution < 1.29 is 14.6 Å². The van der Waals surface area contributed by atoms with Gasteiger partial charge in [-0.25, -0.2) is 0 Å². The van der Waals surface area contributed by atoms with Crippen LogP contribution in [-0.4, -0.2) is 22.6 Å². The molecule has 2 N–H and O–H groups in total. The molecule has 5 nitrogen and oxygen atoms in total. The smallest absolute Gasteiger partial charge is 0.228 e. The van der Waals surface area contributed by atoms with Crippen molar-refractivity contribution in [2.24, 2.45) is 0 Å². The topological polar surface area (TPSA) is 71.5 Å². The fourth-order valence-corrected chi connectivity index (χ4v) is 2.96. The maximum absolute atomic E-state index is 11.4. The first-order valence-corrected chi connectivity index (χ1v) is 6.88. The number of carbonyl (C=O) groups excluding carboxylic acids is 1. The van der Waals surface area contributed by atoms with Gasteiger partial charge in [0.25, 0.3) is 0 Å². The number of pyridine rings is 1. The maximum atomic E-state index is 11.4. The summed E-state index contributed by atoms with van der Waals surface area (Å²) in [6.07, 6.45) is 3.26. The molecule has 0 fully saturated rings. The molecule has 0 bridgehead atoms. The summed E-state index contributed by atoms with van der Waals surface area (Å²) in [6, 6.07) is 5.88. The van der Waals surface area contributed by atoms with Gasteiger partial charge in [0.05, 0.1) is 19.6 Å². The zero-order chi connectivity index (χ0) is 14.4. The van der Waals surface area contributed by atoms with Crippen LogP contribution in [0.15, 0.2) is 30.6 Å². The Bertz CT molecular complexity index is 742. The Hall–Kier alpha value is -2.24. The number of carbonyl (C=O) groups is 1. The zero-order valence-corrected chi connectivity index (χ0v) is 11.3. The Kier molecular flexibility index (Phi) is 2.77. The highest BCUT2D eigenvalue weighted by Gasteiger charge is 2.23. The van der Waals surface area contributed by atoms with Crippen molar-refractivity contribution in [2.75, 3.05) is 11.9 Å². The van der Waals surface area contributed by atoms with Gasteiger partial charge in [0.1, 0.15) is 6.10 Å². The Morgan fingerprint density at radius 2 is 2.24 bits per heavy atom. The van der Waals surface area contributed by atoms with Crippen molar-refractivity contribution in [2.45, 2.75) is 19.1 Å². The highest BCUT2D eigenvalue weighted by molar-refractivity contribution is 5.99. The highest BCUT2D eigenvalue weighted by Crippen LogP contribution is 2.35. The number of hydrogen-bond donors (Lipinski definition) is 2. The van der Waals surface area contributed by atoms with Gasteiger partial charge in [-0.05, 0) is 28.8 Å². The maximum Gasteiger partial charge on any atom is 0.228 e. The first kappa shape index (κ1) is 12.5. The molecule has 5 heteroatoms. The van der Waals surface area contributed by atoms with E-state index in [1.54, 1.807) is 12.4 Å². The molecule has 106 valence electrons. The van der Waals surface area contributed by atoms with Crippen molar-refractivity contribution in [3.63, 3.8) is 0 Å². The van der Waals surface area contributed by atoms with Crippen LogP contribution in [-0.2, 0) is 22.6 Å². The third kappa shape index (κ3) is 2.02. The third-order valence-electron chi connectivity index (χ3n) is 4.01. The number of fused-ring (bicyclic) bond motifs is 2. The lowest BCUT2D eigenvalue weighted by Crippen LogP contribution is -2.17. The van der Waals surface area contributed by atoms with Crippen LogP contribution in [0, 0.1) is 0 Å². The van der Waals surface area contributed by atoms with E-state index in [0.29, 0.717) is 19.6 Å². The quantitative estimate of drug-likeness (QED) is 0.836. The molecule has 0 saturated heterocycles. The van der Waals surface area contributed by atoms with E-state index in [0.717, 1.165) is 33.5 Å². The summed E-state index contributed by atoms with van der Waals surface area (Å²) in [5, 5.41) is 12.8. The average molecular weight is 282 g/mol. The van der Waals surface area contributed by atoms with E-state index >= 15 is 0 Å². The number of hydrogen-bond acceptors (Lipinski definition) is 4. The molecule has 4 rings (SSSR count). The number of aromatic nitrogens is 1. The molecule has 1 unspecified atom stereocenters. The van der Waals surface area contributed by atoms with Gasteiger partial charge in [-0.1, -0.05) is 6.07 Å². The second-order valence-electron chi connectivity index (χ2n) is 5.38. The number of aliphatic hydroxyl groups excluding tert-OH is 1. The SMILES string of the molecule is O=C1Cc2cc(-c3cncc4c3COCC4O)ccc2N1. The Morgan fingerprint density at radius 1 is 1.33 bits per heavy atom. The minimum atomic E-state index is -0.626. The monoisotopic (exact) mass is 282 g/mol. The number of amides is 1. The van der Waals surface area contributed by atoms with Gasteiger partial charge in [-0.15, -0.1) is 0 Å². The minimum Gasteiger partial charge on any atom is -0.386 e. The lowest BCUT2D eigenvalue weighted by atomic mass is 9.93. The van der Waals surface area contributed by atoms with Crippen molar-refractivity contribution in [3.8, 4) is 11.1 Å². The van der Waals surface area contributed by atoms with E-state index in [1.165, 1.54) is 0 Å². The summed E-state index contributed by atoms with van der Waals surface area (Å²) >= 11 is 0. The second kappa shape index (κ2) is 4.65. The Labute approximate surface area is 121 Å². The van der Waals surface area contributed by atoms with E-state index in [-0.39, 0.29) is 5.91 Å². The normalized spacial score (nSPS) is 19.9. The van der Waals surface area contributed by atoms with Crippen molar-refractivity contribution in [1.82, 2.24) is 4.98 Å². The summed E-state index contributed by atoms with van der Waals surface area (Å²) in [5.74, 6) is 0.0223. The lowest BCUT2D eigenvalue weighted by Gasteiger charge is -2.23. The Balaban J connectivity index is 1.83. The largest absolute Gasteiger partial charge is 0.386 e.